The van der Waals surface area contributed by atoms with Crippen molar-refractivity contribution in [2.75, 3.05) is 26.2 Å². The van der Waals surface area contributed by atoms with E-state index in [0.717, 1.165) is 17.7 Å². The van der Waals surface area contributed by atoms with Crippen molar-refractivity contribution in [3.8, 4) is 0 Å². The monoisotopic (exact) mass is 361 g/mol. The van der Waals surface area contributed by atoms with Crippen LogP contribution >= 0.6 is 0 Å². The van der Waals surface area contributed by atoms with Crippen LogP contribution in [0.2, 0.25) is 0 Å². The van der Waals surface area contributed by atoms with Gasteiger partial charge in [0.15, 0.2) is 0 Å². The van der Waals surface area contributed by atoms with Gasteiger partial charge in [0.1, 0.15) is 0 Å². The second-order valence-electron chi connectivity index (χ2n) is 6.15. The van der Waals surface area contributed by atoms with Gasteiger partial charge in [0, 0.05) is 38.1 Å². The second-order valence-corrected chi connectivity index (χ2v) is 8.09. The van der Waals surface area contributed by atoms with Gasteiger partial charge in [-0.2, -0.15) is 4.31 Å². The van der Waals surface area contributed by atoms with Gasteiger partial charge in [0.05, 0.1) is 11.3 Å². The molecule has 0 saturated carbocycles. The number of hydrogen-bond acceptors (Lipinski definition) is 3. The van der Waals surface area contributed by atoms with Crippen molar-refractivity contribution in [3.63, 3.8) is 0 Å². The molecule has 1 amide bonds. The molecule has 2 heterocycles. The zero-order chi connectivity index (χ0) is 17.9. The highest BCUT2D eigenvalue weighted by Crippen LogP contribution is 2.19. The highest BCUT2D eigenvalue weighted by Gasteiger charge is 2.30. The summed E-state index contributed by atoms with van der Waals surface area (Å²) in [6.45, 7) is 3.53. The molecule has 1 fully saturated rings. The van der Waals surface area contributed by atoms with Crippen LogP contribution in [0.25, 0.3) is 0 Å². The molecule has 7 heteroatoms. The molecule has 1 saturated heterocycles. The number of H-pyrrole nitrogens is 1. The van der Waals surface area contributed by atoms with E-state index < -0.39 is 10.0 Å². The zero-order valence-electron chi connectivity index (χ0n) is 14.3. The van der Waals surface area contributed by atoms with Crippen molar-refractivity contribution < 1.29 is 13.2 Å². The van der Waals surface area contributed by atoms with E-state index in [9.17, 15) is 13.2 Å². The number of aromatic amines is 1. The topological polar surface area (TPSA) is 73.5 Å². The highest BCUT2D eigenvalue weighted by atomic mass is 32.2. The number of nitrogens with zero attached hydrogens (tertiary/aromatic N) is 2. The van der Waals surface area contributed by atoms with Gasteiger partial charge < -0.3 is 9.88 Å². The van der Waals surface area contributed by atoms with E-state index >= 15 is 0 Å². The lowest BCUT2D eigenvalue weighted by atomic mass is 10.2. The number of benzene rings is 1. The number of nitrogens with one attached hydrogen (secondary N) is 1. The van der Waals surface area contributed by atoms with Crippen LogP contribution < -0.4 is 0 Å². The van der Waals surface area contributed by atoms with Crippen LogP contribution in [0.4, 0.5) is 0 Å². The standard InChI is InChI=1S/C18H23N3O3S/c1-2-15-5-7-17(8-6-15)25(23,24)21-12-10-20(11-13-21)18(22)14-16-4-3-9-19-16/h3-9,19H,2,10-14H2,1H3. The number of hydrogen-bond donors (Lipinski definition) is 1. The Morgan fingerprint density at radius 2 is 1.76 bits per heavy atom. The van der Waals surface area contributed by atoms with Crippen LogP contribution in [-0.4, -0.2) is 54.7 Å². The first-order chi connectivity index (χ1) is 12.0. The van der Waals surface area contributed by atoms with Crippen molar-refractivity contribution >= 4 is 15.9 Å². The average molecular weight is 361 g/mol. The third-order valence-corrected chi connectivity index (χ3v) is 6.48. The van der Waals surface area contributed by atoms with E-state index in [0.29, 0.717) is 37.5 Å². The summed E-state index contributed by atoms with van der Waals surface area (Å²) < 4.78 is 26.9. The average Bonchev–Trinajstić information content (AvgIpc) is 3.15. The minimum atomic E-state index is -3.50. The normalized spacial score (nSPS) is 16.1. The summed E-state index contributed by atoms with van der Waals surface area (Å²) in [7, 11) is -3.50. The first-order valence-electron chi connectivity index (χ1n) is 8.50. The fraction of sp³-hybridized carbons (Fsp3) is 0.389. The minimum absolute atomic E-state index is 0.0202. The number of carbonyl (C=O) groups excluding carboxylic acids is 1. The highest BCUT2D eigenvalue weighted by molar-refractivity contribution is 7.89. The summed E-state index contributed by atoms with van der Waals surface area (Å²) in [4.78, 5) is 17.4. The first-order valence-corrected chi connectivity index (χ1v) is 9.94. The fourth-order valence-corrected chi connectivity index (χ4v) is 4.40. The predicted molar refractivity (Wildman–Crippen MR) is 95.7 cm³/mol. The van der Waals surface area contributed by atoms with E-state index in [1.165, 1.54) is 4.31 Å². The molecule has 0 aliphatic carbocycles. The van der Waals surface area contributed by atoms with E-state index in [2.05, 4.69) is 4.98 Å². The van der Waals surface area contributed by atoms with Gasteiger partial charge in [-0.3, -0.25) is 4.79 Å². The Hall–Kier alpha value is -2.12. The van der Waals surface area contributed by atoms with Gasteiger partial charge in [-0.05, 0) is 36.2 Å². The minimum Gasteiger partial charge on any atom is -0.365 e. The predicted octanol–water partition coefficient (Wildman–Crippen LogP) is 1.65. The molecule has 1 aliphatic rings. The molecule has 0 bridgehead atoms. The lowest BCUT2D eigenvalue weighted by molar-refractivity contribution is -0.131. The fourth-order valence-electron chi connectivity index (χ4n) is 2.98. The lowest BCUT2D eigenvalue weighted by Gasteiger charge is -2.34. The first kappa shape index (κ1) is 17.7. The van der Waals surface area contributed by atoms with E-state index in [1.54, 1.807) is 23.2 Å². The molecule has 1 aliphatic heterocycles. The Bertz CT molecular complexity index is 806. The van der Waals surface area contributed by atoms with Gasteiger partial charge in [0.2, 0.25) is 15.9 Å². The molecule has 2 aromatic rings. The smallest absolute Gasteiger partial charge is 0.243 e. The van der Waals surface area contributed by atoms with Crippen molar-refractivity contribution in [3.05, 3.63) is 53.9 Å². The van der Waals surface area contributed by atoms with Crippen molar-refractivity contribution in [2.24, 2.45) is 0 Å². The summed E-state index contributed by atoms with van der Waals surface area (Å²) in [5.74, 6) is 0.0202. The molecule has 6 nitrogen and oxygen atoms in total. The largest absolute Gasteiger partial charge is 0.365 e. The molecule has 0 atom stereocenters. The third kappa shape index (κ3) is 3.93. The van der Waals surface area contributed by atoms with E-state index in [4.69, 9.17) is 0 Å². The molecule has 3 rings (SSSR count). The number of rotatable bonds is 5. The Kier molecular flexibility index (Phi) is 5.24. The number of piperazine rings is 1. The molecule has 134 valence electrons. The van der Waals surface area contributed by atoms with Gasteiger partial charge in [-0.15, -0.1) is 0 Å². The molecule has 0 radical (unpaired) electrons. The molecule has 25 heavy (non-hydrogen) atoms. The van der Waals surface area contributed by atoms with Crippen LogP contribution in [0.3, 0.4) is 0 Å². The second kappa shape index (κ2) is 7.41. The maximum Gasteiger partial charge on any atom is 0.243 e. The Morgan fingerprint density at radius 3 is 2.32 bits per heavy atom. The van der Waals surface area contributed by atoms with E-state index in [-0.39, 0.29) is 5.91 Å². The van der Waals surface area contributed by atoms with Crippen LogP contribution in [0.5, 0.6) is 0 Å². The molecular formula is C18H23N3O3S. The molecule has 1 aromatic carbocycles. The number of amides is 1. The van der Waals surface area contributed by atoms with Gasteiger partial charge in [0.25, 0.3) is 0 Å². The van der Waals surface area contributed by atoms with Crippen molar-refractivity contribution in [2.45, 2.75) is 24.7 Å². The molecule has 0 unspecified atom stereocenters. The zero-order valence-corrected chi connectivity index (χ0v) is 15.1. The van der Waals surface area contributed by atoms with Crippen LogP contribution in [0, 0.1) is 0 Å². The summed E-state index contributed by atoms with van der Waals surface area (Å²) in [5.41, 5.74) is 1.98. The quantitative estimate of drug-likeness (QED) is 0.880. The molecule has 1 aromatic heterocycles. The molecular weight excluding hydrogens is 338 g/mol. The number of carbonyl (C=O) groups is 1. The molecule has 0 spiro atoms. The van der Waals surface area contributed by atoms with Crippen molar-refractivity contribution in [1.82, 2.24) is 14.2 Å². The number of sulfonamides is 1. The van der Waals surface area contributed by atoms with Crippen LogP contribution in [0.1, 0.15) is 18.2 Å². The maximum absolute atomic E-state index is 12.7. The maximum atomic E-state index is 12.7. The van der Waals surface area contributed by atoms with Crippen LogP contribution in [-0.2, 0) is 27.7 Å². The molecule has 1 N–H and O–H groups in total. The van der Waals surface area contributed by atoms with Crippen LogP contribution in [0.15, 0.2) is 47.5 Å². The van der Waals surface area contributed by atoms with Crippen molar-refractivity contribution in [1.29, 1.82) is 0 Å². The summed E-state index contributed by atoms with van der Waals surface area (Å²) in [5, 5.41) is 0. The van der Waals surface area contributed by atoms with Gasteiger partial charge in [-0.1, -0.05) is 19.1 Å². The number of aryl methyl sites for hydroxylation is 1. The Balaban J connectivity index is 1.61. The summed E-state index contributed by atoms with van der Waals surface area (Å²) in [6.07, 6.45) is 2.98. The van der Waals surface area contributed by atoms with E-state index in [1.807, 2.05) is 31.2 Å². The lowest BCUT2D eigenvalue weighted by Crippen LogP contribution is -2.50. The summed E-state index contributed by atoms with van der Waals surface area (Å²) in [6, 6.07) is 10.8. The summed E-state index contributed by atoms with van der Waals surface area (Å²) >= 11 is 0. The van der Waals surface area contributed by atoms with Gasteiger partial charge in [-0.25, -0.2) is 8.42 Å². The third-order valence-electron chi connectivity index (χ3n) is 4.56. The number of aromatic nitrogens is 1. The Labute approximate surface area is 148 Å². The SMILES string of the molecule is CCc1ccc(S(=O)(=O)N2CCN(C(=O)Cc3ccc[nH]3)CC2)cc1. The Morgan fingerprint density at radius 1 is 1.08 bits per heavy atom. The van der Waals surface area contributed by atoms with Gasteiger partial charge >= 0.3 is 0 Å².